The summed E-state index contributed by atoms with van der Waals surface area (Å²) in [4.78, 5) is 0.0460. The number of sulfonamides is 1. The number of methoxy groups -OCH3 is 1. The molecule has 1 aromatic rings. The van der Waals surface area contributed by atoms with Crippen molar-refractivity contribution in [2.45, 2.75) is 4.90 Å². The average Bonchev–Trinajstić information content (AvgIpc) is 2.69. The van der Waals surface area contributed by atoms with E-state index >= 15 is 0 Å². The maximum Gasteiger partial charge on any atom is 0.282 e. The minimum atomic E-state index is -3.92. The lowest BCUT2D eigenvalue weighted by atomic mass is 10.0. The van der Waals surface area contributed by atoms with Gasteiger partial charge in [-0.2, -0.15) is 17.2 Å². The molecule has 28 heavy (non-hydrogen) atoms. The van der Waals surface area contributed by atoms with Gasteiger partial charge in [-0.25, -0.2) is 5.06 Å². The first-order valence-electron chi connectivity index (χ1n) is 8.19. The smallest absolute Gasteiger partial charge is 0.282 e. The predicted octanol–water partition coefficient (Wildman–Crippen LogP) is 3.83. The van der Waals surface area contributed by atoms with E-state index in [1.54, 1.807) is 48.6 Å². The summed E-state index contributed by atoms with van der Waals surface area (Å²) in [7, 11) is -2.42. The van der Waals surface area contributed by atoms with Gasteiger partial charge in [-0.3, -0.25) is 5.21 Å². The molecule has 1 aromatic carbocycles. The van der Waals surface area contributed by atoms with E-state index in [-0.39, 0.29) is 10.6 Å². The number of benzene rings is 1. The van der Waals surface area contributed by atoms with Gasteiger partial charge in [-0.15, -0.1) is 0 Å². The van der Waals surface area contributed by atoms with E-state index in [0.29, 0.717) is 22.0 Å². The summed E-state index contributed by atoms with van der Waals surface area (Å²) >= 11 is 0. The van der Waals surface area contributed by atoms with Crippen molar-refractivity contribution in [1.29, 1.82) is 0 Å². The molecule has 0 atom stereocenters. The topological polar surface area (TPSA) is 79.2 Å². The number of ether oxygens (including phenoxy) is 1. The molecule has 0 aromatic heterocycles. The van der Waals surface area contributed by atoms with Gasteiger partial charge in [0.05, 0.1) is 17.7 Å². The first-order chi connectivity index (χ1) is 13.4. The van der Waals surface area contributed by atoms with Crippen LogP contribution in [-0.2, 0) is 10.0 Å². The highest BCUT2D eigenvalue weighted by Gasteiger charge is 2.16. The Morgan fingerprint density at radius 2 is 1.82 bits per heavy atom. The number of hydrogen-bond acceptors (Lipinski definition) is 5. The van der Waals surface area contributed by atoms with Gasteiger partial charge in [0.25, 0.3) is 10.0 Å². The summed E-state index contributed by atoms with van der Waals surface area (Å²) in [6, 6.07) is 5.94. The maximum absolute atomic E-state index is 13.4. The van der Waals surface area contributed by atoms with Gasteiger partial charge < -0.3 is 4.74 Å². The Labute approximate surface area is 162 Å². The Kier molecular flexibility index (Phi) is 5.72. The van der Waals surface area contributed by atoms with Crippen molar-refractivity contribution >= 4 is 15.7 Å². The molecule has 8 heteroatoms. The molecule has 0 bridgehead atoms. The molecular weight excluding hydrogens is 383 g/mol. The van der Waals surface area contributed by atoms with Crippen LogP contribution in [0.4, 0.5) is 4.39 Å². The third-order valence-electron chi connectivity index (χ3n) is 3.88. The molecule has 0 amide bonds. The predicted molar refractivity (Wildman–Crippen MR) is 104 cm³/mol. The molecule has 0 radical (unpaired) electrons. The van der Waals surface area contributed by atoms with Crippen molar-refractivity contribution in [1.82, 2.24) is 5.06 Å². The van der Waals surface area contributed by atoms with Crippen molar-refractivity contribution in [3.63, 3.8) is 0 Å². The van der Waals surface area contributed by atoms with E-state index in [1.807, 2.05) is 0 Å². The first kappa shape index (κ1) is 19.5. The molecule has 0 saturated heterocycles. The Morgan fingerprint density at radius 1 is 1.11 bits per heavy atom. The number of hydrogen-bond donors (Lipinski definition) is 1. The lowest BCUT2D eigenvalue weighted by Gasteiger charge is -2.12. The number of hydroxylamine groups is 2. The first-order valence-corrected chi connectivity index (χ1v) is 9.63. The summed E-state index contributed by atoms with van der Waals surface area (Å²) in [6.45, 7) is 0. The van der Waals surface area contributed by atoms with Crippen LogP contribution in [0.5, 0.6) is 5.75 Å². The summed E-state index contributed by atoms with van der Waals surface area (Å²) in [5.74, 6) is -0.274. The fourth-order valence-electron chi connectivity index (χ4n) is 2.41. The van der Waals surface area contributed by atoms with Gasteiger partial charge in [0.1, 0.15) is 5.75 Å². The van der Waals surface area contributed by atoms with Crippen molar-refractivity contribution in [2.24, 2.45) is 4.40 Å². The van der Waals surface area contributed by atoms with E-state index in [0.717, 1.165) is 6.08 Å². The fraction of sp³-hybridized carbons (Fsp3) is 0.0500. The summed E-state index contributed by atoms with van der Waals surface area (Å²) in [6.07, 6.45) is 13.7. The van der Waals surface area contributed by atoms with E-state index in [2.05, 4.69) is 4.40 Å². The third kappa shape index (κ3) is 4.54. The van der Waals surface area contributed by atoms with Crippen molar-refractivity contribution < 1.29 is 22.8 Å². The summed E-state index contributed by atoms with van der Waals surface area (Å²) < 4.78 is 47.6. The van der Waals surface area contributed by atoms with Crippen LogP contribution in [0.25, 0.3) is 0 Å². The molecule has 6 nitrogen and oxygen atoms in total. The van der Waals surface area contributed by atoms with Gasteiger partial charge in [0, 0.05) is 17.8 Å². The van der Waals surface area contributed by atoms with E-state index in [1.165, 1.54) is 31.5 Å². The SMILES string of the molecule is COc1ccc(S(=O)(=O)N=C2C=CC=CC2=CC=C2C=CN(O)C(F)=C2)cc1. The monoisotopic (exact) mass is 400 g/mol. The lowest BCUT2D eigenvalue weighted by Crippen LogP contribution is -2.10. The molecular formula is C20H17FN2O4S. The quantitative estimate of drug-likeness (QED) is 0.777. The summed E-state index contributed by atoms with van der Waals surface area (Å²) in [5, 5.41) is 9.53. The molecule has 1 heterocycles. The van der Waals surface area contributed by atoms with Gasteiger partial charge in [-0.1, -0.05) is 30.4 Å². The second kappa shape index (κ2) is 8.20. The lowest BCUT2D eigenvalue weighted by molar-refractivity contribution is -0.0292. The molecule has 0 unspecified atom stereocenters. The third-order valence-corrected chi connectivity index (χ3v) is 5.19. The highest BCUT2D eigenvalue weighted by atomic mass is 32.2. The number of halogens is 1. The van der Waals surface area contributed by atoms with E-state index < -0.39 is 16.0 Å². The van der Waals surface area contributed by atoms with Crippen LogP contribution >= 0.6 is 0 Å². The molecule has 0 fully saturated rings. The number of nitrogens with zero attached hydrogens (tertiary/aromatic N) is 2. The highest BCUT2D eigenvalue weighted by Crippen LogP contribution is 2.21. The fourth-order valence-corrected chi connectivity index (χ4v) is 3.42. The minimum Gasteiger partial charge on any atom is -0.497 e. The Balaban J connectivity index is 1.92. The van der Waals surface area contributed by atoms with Crippen LogP contribution in [0.2, 0.25) is 0 Å². The molecule has 3 rings (SSSR count). The van der Waals surface area contributed by atoms with Gasteiger partial charge in [0.15, 0.2) is 0 Å². The minimum absolute atomic E-state index is 0.0460. The second-order valence-electron chi connectivity index (χ2n) is 5.76. The normalized spacial score (nSPS) is 20.9. The van der Waals surface area contributed by atoms with Crippen LogP contribution in [0, 0.1) is 0 Å². The summed E-state index contributed by atoms with van der Waals surface area (Å²) in [5.41, 5.74) is 1.29. The molecule has 144 valence electrons. The van der Waals surface area contributed by atoms with Crippen LogP contribution in [0.3, 0.4) is 0 Å². The molecule has 2 aliphatic rings. The molecule has 1 aliphatic heterocycles. The van der Waals surface area contributed by atoms with Crippen LogP contribution in [-0.4, -0.2) is 31.5 Å². The van der Waals surface area contributed by atoms with Crippen molar-refractivity contribution in [3.05, 3.63) is 96.2 Å². The Morgan fingerprint density at radius 3 is 2.50 bits per heavy atom. The second-order valence-corrected chi connectivity index (χ2v) is 7.37. The number of rotatable bonds is 4. The standard InChI is InChI=1S/C20H17FN2O4S/c1-27-17-8-10-18(11-9-17)28(25,26)22-19-5-3-2-4-16(19)7-6-15-12-13-23(24)20(21)14-15/h2-14,24H,1H3. The molecule has 0 saturated carbocycles. The van der Waals surface area contributed by atoms with Gasteiger partial charge in [0.2, 0.25) is 5.95 Å². The zero-order valence-electron chi connectivity index (χ0n) is 14.9. The Hall–Kier alpha value is -3.23. The highest BCUT2D eigenvalue weighted by molar-refractivity contribution is 7.90. The molecule has 1 aliphatic carbocycles. The van der Waals surface area contributed by atoms with Gasteiger partial charge >= 0.3 is 0 Å². The largest absolute Gasteiger partial charge is 0.497 e. The van der Waals surface area contributed by atoms with Crippen molar-refractivity contribution in [3.8, 4) is 5.75 Å². The zero-order valence-corrected chi connectivity index (χ0v) is 15.7. The van der Waals surface area contributed by atoms with E-state index in [9.17, 15) is 12.8 Å². The molecule has 0 spiro atoms. The number of allylic oxidation sites excluding steroid dienone is 10. The zero-order chi connectivity index (χ0) is 20.1. The maximum atomic E-state index is 13.4. The average molecular weight is 400 g/mol. The van der Waals surface area contributed by atoms with Crippen molar-refractivity contribution in [2.75, 3.05) is 7.11 Å². The van der Waals surface area contributed by atoms with E-state index in [4.69, 9.17) is 9.94 Å². The molecule has 1 N–H and O–H groups in total. The van der Waals surface area contributed by atoms with Crippen LogP contribution < -0.4 is 4.74 Å². The van der Waals surface area contributed by atoms with Crippen LogP contribution in [0.1, 0.15) is 0 Å². The van der Waals surface area contributed by atoms with Gasteiger partial charge in [-0.05, 0) is 42.0 Å². The van der Waals surface area contributed by atoms with Crippen LogP contribution in [0.15, 0.2) is 105 Å². The Bertz CT molecular complexity index is 1080.